The molecular formula is C31H29N5O2S2. The fraction of sp³-hybridized carbons (Fsp3) is 0.290. The molecule has 3 aliphatic heterocycles. The van der Waals surface area contributed by atoms with Crippen LogP contribution in [0.5, 0.6) is 0 Å². The first-order chi connectivity index (χ1) is 19.5. The summed E-state index contributed by atoms with van der Waals surface area (Å²) in [6.07, 6.45) is 5.86. The van der Waals surface area contributed by atoms with Gasteiger partial charge in [-0.05, 0) is 46.7 Å². The summed E-state index contributed by atoms with van der Waals surface area (Å²) in [5.74, 6) is -0.398. The molecule has 202 valence electrons. The van der Waals surface area contributed by atoms with Crippen molar-refractivity contribution in [3.63, 3.8) is 0 Å². The van der Waals surface area contributed by atoms with E-state index in [0.29, 0.717) is 19.4 Å². The number of hydrogen-bond donors (Lipinski definition) is 2. The molecule has 2 aromatic heterocycles. The molecular weight excluding hydrogens is 539 g/mol. The van der Waals surface area contributed by atoms with Crippen molar-refractivity contribution >= 4 is 51.6 Å². The van der Waals surface area contributed by atoms with E-state index >= 15 is 0 Å². The molecule has 40 heavy (non-hydrogen) atoms. The first-order valence-electron chi connectivity index (χ1n) is 13.6. The van der Waals surface area contributed by atoms with Crippen LogP contribution in [0, 0.1) is 0 Å². The predicted octanol–water partition coefficient (Wildman–Crippen LogP) is 5.20. The number of piperidine rings is 1. The second-order valence-corrected chi connectivity index (χ2v) is 12.2. The highest BCUT2D eigenvalue weighted by Crippen LogP contribution is 2.40. The van der Waals surface area contributed by atoms with Crippen LogP contribution in [0.15, 0.2) is 67.0 Å². The van der Waals surface area contributed by atoms with Crippen LogP contribution in [0.1, 0.15) is 47.0 Å². The summed E-state index contributed by atoms with van der Waals surface area (Å²) in [6.45, 7) is 3.36. The molecule has 7 rings (SSSR count). The molecule has 2 aromatic carbocycles. The number of fused-ring (bicyclic) bond motifs is 2. The van der Waals surface area contributed by atoms with Gasteiger partial charge in [0, 0.05) is 42.9 Å². The summed E-state index contributed by atoms with van der Waals surface area (Å²) in [7, 11) is 0. The van der Waals surface area contributed by atoms with Crippen LogP contribution in [0.4, 0.5) is 0 Å². The number of benzene rings is 2. The molecule has 3 aliphatic rings. The minimum atomic E-state index is -0.318. The van der Waals surface area contributed by atoms with E-state index in [-0.39, 0.29) is 23.2 Å². The number of rotatable bonds is 5. The Morgan fingerprint density at radius 2 is 1.93 bits per heavy atom. The van der Waals surface area contributed by atoms with Crippen molar-refractivity contribution in [3.8, 4) is 10.4 Å². The summed E-state index contributed by atoms with van der Waals surface area (Å²) in [5.41, 5.74) is 7.17. The van der Waals surface area contributed by atoms with Crippen molar-refractivity contribution in [2.45, 2.75) is 43.8 Å². The fourth-order valence-electron chi connectivity index (χ4n) is 6.07. The lowest BCUT2D eigenvalue weighted by atomic mass is 10.0. The zero-order valence-corrected chi connectivity index (χ0v) is 23.6. The van der Waals surface area contributed by atoms with E-state index in [1.165, 1.54) is 27.1 Å². The zero-order valence-electron chi connectivity index (χ0n) is 21.9. The Bertz CT molecular complexity index is 1650. The van der Waals surface area contributed by atoms with Gasteiger partial charge in [0.2, 0.25) is 11.8 Å². The molecule has 5 heterocycles. The van der Waals surface area contributed by atoms with Crippen LogP contribution in [0.2, 0.25) is 0 Å². The molecule has 0 bridgehead atoms. The Kier molecular flexibility index (Phi) is 6.75. The lowest BCUT2D eigenvalue weighted by Crippen LogP contribution is -2.51. The lowest BCUT2D eigenvalue weighted by molar-refractivity contribution is -0.137. The Hall–Kier alpha value is -3.37. The Morgan fingerprint density at radius 3 is 2.73 bits per heavy atom. The first-order valence-corrected chi connectivity index (χ1v) is 15.0. The van der Waals surface area contributed by atoms with Gasteiger partial charge in [-0.2, -0.15) is 12.6 Å². The van der Waals surface area contributed by atoms with Gasteiger partial charge < -0.3 is 0 Å². The van der Waals surface area contributed by atoms with Crippen molar-refractivity contribution in [1.82, 2.24) is 25.1 Å². The highest BCUT2D eigenvalue weighted by Gasteiger charge is 2.39. The van der Waals surface area contributed by atoms with Crippen molar-refractivity contribution in [3.05, 3.63) is 89.4 Å². The predicted molar refractivity (Wildman–Crippen MR) is 161 cm³/mol. The molecule has 1 fully saturated rings. The summed E-state index contributed by atoms with van der Waals surface area (Å²) in [5, 5.41) is 3.47. The van der Waals surface area contributed by atoms with Gasteiger partial charge in [0.1, 0.15) is 11.2 Å². The maximum absolute atomic E-state index is 12.5. The minimum absolute atomic E-state index is 0.141. The Morgan fingerprint density at radius 1 is 1.05 bits per heavy atom. The molecule has 0 radical (unpaired) electrons. The number of nitrogens with one attached hydrogen (secondary N) is 1. The molecule has 9 heteroatoms. The van der Waals surface area contributed by atoms with Gasteiger partial charge in [0.05, 0.1) is 17.1 Å². The Balaban J connectivity index is 1.05. The third kappa shape index (κ3) is 4.77. The van der Waals surface area contributed by atoms with E-state index in [2.05, 4.69) is 74.7 Å². The summed E-state index contributed by atoms with van der Waals surface area (Å²) < 4.78 is 0. The molecule has 2 unspecified atom stereocenters. The topological polar surface area (TPSA) is 78.4 Å². The normalized spacial score (nSPS) is 21.9. The third-order valence-electron chi connectivity index (χ3n) is 8.15. The maximum atomic E-state index is 12.5. The van der Waals surface area contributed by atoms with Crippen LogP contribution < -0.4 is 5.32 Å². The lowest BCUT2D eigenvalue weighted by Gasteiger charge is -2.32. The number of amides is 2. The number of thiophene rings is 1. The van der Waals surface area contributed by atoms with Crippen molar-refractivity contribution in [2.75, 3.05) is 13.1 Å². The molecule has 4 aromatic rings. The van der Waals surface area contributed by atoms with Gasteiger partial charge in [0.15, 0.2) is 0 Å². The SMILES string of the molecule is O=C1CCC(N2Cc3cc(CN4CC=C(c5ncnc6sc(-c7ccccc7)cc56)CC4)ccc3C2S)C(=O)N1. The highest BCUT2D eigenvalue weighted by atomic mass is 32.1. The minimum Gasteiger partial charge on any atom is -0.295 e. The fourth-order valence-corrected chi connectivity index (χ4v) is 7.57. The smallest absolute Gasteiger partial charge is 0.243 e. The molecule has 1 saturated heterocycles. The van der Waals surface area contributed by atoms with Crippen LogP contribution in [-0.2, 0) is 22.7 Å². The zero-order chi connectivity index (χ0) is 27.2. The standard InChI is InChI=1S/C31H29N5O2S2/c37-27-9-8-25(29(38)34-27)36-17-22-14-19(6-7-23(22)31(36)39)16-35-12-10-21(11-13-35)28-24-15-26(20-4-2-1-3-5-20)40-30(24)33-18-32-28/h1-7,10,14-15,18,25,31,39H,8-9,11-13,16-17H2,(H,34,37,38). The largest absolute Gasteiger partial charge is 0.295 e. The number of hydrogen-bond acceptors (Lipinski definition) is 8. The summed E-state index contributed by atoms with van der Waals surface area (Å²) in [4.78, 5) is 40.1. The van der Waals surface area contributed by atoms with E-state index in [1.54, 1.807) is 17.7 Å². The number of aromatic nitrogens is 2. The van der Waals surface area contributed by atoms with E-state index in [1.807, 2.05) is 6.07 Å². The van der Waals surface area contributed by atoms with Crippen molar-refractivity contribution in [1.29, 1.82) is 0 Å². The molecule has 0 aliphatic carbocycles. The number of carbonyl (C=O) groups is 2. The highest BCUT2D eigenvalue weighted by molar-refractivity contribution is 7.80. The van der Waals surface area contributed by atoms with Gasteiger partial charge >= 0.3 is 0 Å². The van der Waals surface area contributed by atoms with Crippen LogP contribution in [-0.4, -0.2) is 50.7 Å². The third-order valence-corrected chi connectivity index (χ3v) is 9.82. The average Bonchev–Trinajstić information content (AvgIpc) is 3.55. The Labute approximate surface area is 242 Å². The van der Waals surface area contributed by atoms with E-state index in [9.17, 15) is 9.59 Å². The summed E-state index contributed by atoms with van der Waals surface area (Å²) in [6, 6.07) is 18.9. The number of imide groups is 1. The second kappa shape index (κ2) is 10.6. The van der Waals surface area contributed by atoms with Crippen molar-refractivity contribution < 1.29 is 9.59 Å². The average molecular weight is 568 g/mol. The van der Waals surface area contributed by atoms with Gasteiger partial charge in [0.25, 0.3) is 0 Å². The van der Waals surface area contributed by atoms with Gasteiger partial charge in [-0.3, -0.25) is 24.7 Å². The van der Waals surface area contributed by atoms with Crippen LogP contribution in [0.3, 0.4) is 0 Å². The molecule has 2 amide bonds. The van der Waals surface area contributed by atoms with Gasteiger partial charge in [-0.25, -0.2) is 9.97 Å². The van der Waals surface area contributed by atoms with Gasteiger partial charge in [-0.1, -0.05) is 54.6 Å². The second-order valence-electron chi connectivity index (χ2n) is 10.7. The van der Waals surface area contributed by atoms with E-state index < -0.39 is 0 Å². The van der Waals surface area contributed by atoms with Gasteiger partial charge in [-0.15, -0.1) is 11.3 Å². The quantitative estimate of drug-likeness (QED) is 0.255. The van der Waals surface area contributed by atoms with Crippen LogP contribution in [0.25, 0.3) is 26.2 Å². The molecule has 2 atom stereocenters. The van der Waals surface area contributed by atoms with E-state index in [0.717, 1.165) is 47.5 Å². The number of thiol groups is 1. The molecule has 0 spiro atoms. The molecule has 7 nitrogen and oxygen atoms in total. The van der Waals surface area contributed by atoms with Crippen LogP contribution >= 0.6 is 24.0 Å². The first kappa shape index (κ1) is 25.6. The molecule has 0 saturated carbocycles. The summed E-state index contributed by atoms with van der Waals surface area (Å²) >= 11 is 6.55. The van der Waals surface area contributed by atoms with E-state index in [4.69, 9.17) is 17.6 Å². The number of carbonyl (C=O) groups excluding carboxylic acids is 2. The maximum Gasteiger partial charge on any atom is 0.243 e. The number of nitrogens with zero attached hydrogens (tertiary/aromatic N) is 4. The monoisotopic (exact) mass is 567 g/mol. The van der Waals surface area contributed by atoms with Crippen molar-refractivity contribution in [2.24, 2.45) is 0 Å². The molecule has 1 N–H and O–H groups in total.